The minimum atomic E-state index is 0.145. The second-order valence-corrected chi connectivity index (χ2v) is 4.86. The van der Waals surface area contributed by atoms with Crippen LogP contribution in [0.5, 0.6) is 0 Å². The Morgan fingerprint density at radius 2 is 1.71 bits per heavy atom. The van der Waals surface area contributed by atoms with Crippen LogP contribution in [0.15, 0.2) is 53.0 Å². The molecule has 17 heavy (non-hydrogen) atoms. The summed E-state index contributed by atoms with van der Waals surface area (Å²) in [4.78, 5) is 12.2. The van der Waals surface area contributed by atoms with Gasteiger partial charge in [0.15, 0.2) is 5.78 Å². The topological polar surface area (TPSA) is 17.1 Å². The Kier molecular flexibility index (Phi) is 3.75. The number of halogens is 1. The molecule has 0 saturated carbocycles. The molecule has 0 saturated heterocycles. The fraction of sp³-hybridized carbons (Fsp3) is 0.133. The lowest BCUT2D eigenvalue weighted by atomic mass is 10.00. The third kappa shape index (κ3) is 2.83. The first kappa shape index (κ1) is 12.1. The van der Waals surface area contributed by atoms with E-state index in [0.29, 0.717) is 6.42 Å². The molecule has 0 amide bonds. The summed E-state index contributed by atoms with van der Waals surface area (Å²) in [6.45, 7) is 2.03. The molecule has 0 aliphatic rings. The molecule has 1 nitrogen and oxygen atoms in total. The van der Waals surface area contributed by atoms with Gasteiger partial charge < -0.3 is 0 Å². The van der Waals surface area contributed by atoms with E-state index in [2.05, 4.69) is 15.9 Å². The molecule has 0 heterocycles. The van der Waals surface area contributed by atoms with Crippen LogP contribution in [-0.2, 0) is 6.42 Å². The summed E-state index contributed by atoms with van der Waals surface area (Å²) >= 11 is 3.41. The van der Waals surface area contributed by atoms with Gasteiger partial charge in [0.2, 0.25) is 0 Å². The Hall–Kier alpha value is -1.41. The van der Waals surface area contributed by atoms with E-state index in [0.717, 1.165) is 21.2 Å². The third-order valence-electron chi connectivity index (χ3n) is 2.79. The summed E-state index contributed by atoms with van der Waals surface area (Å²) in [5.41, 5.74) is 3.00. The number of carbonyl (C=O) groups is 1. The van der Waals surface area contributed by atoms with E-state index in [-0.39, 0.29) is 5.78 Å². The second kappa shape index (κ2) is 5.28. The van der Waals surface area contributed by atoms with Crippen molar-refractivity contribution in [1.82, 2.24) is 0 Å². The predicted octanol–water partition coefficient (Wildman–Crippen LogP) is 4.18. The molecule has 0 radical (unpaired) electrons. The molecule has 0 atom stereocenters. The average molecular weight is 289 g/mol. The van der Waals surface area contributed by atoms with Crippen molar-refractivity contribution in [2.24, 2.45) is 0 Å². The Labute approximate surface area is 110 Å². The first-order chi connectivity index (χ1) is 8.18. The van der Waals surface area contributed by atoms with Crippen LogP contribution in [0.2, 0.25) is 0 Å². The number of Topliss-reactive ketones (excluding diaryl/α,β-unsaturated/α-hetero) is 1. The molecule has 0 aliphatic heterocycles. The molecular formula is C15H13BrO. The highest BCUT2D eigenvalue weighted by molar-refractivity contribution is 9.10. The zero-order chi connectivity index (χ0) is 12.3. The number of carbonyl (C=O) groups excluding carboxylic acids is 1. The second-order valence-electron chi connectivity index (χ2n) is 4.01. The molecule has 0 aliphatic carbocycles. The van der Waals surface area contributed by atoms with Crippen LogP contribution in [0.3, 0.4) is 0 Å². The molecule has 2 rings (SSSR count). The highest BCUT2D eigenvalue weighted by Crippen LogP contribution is 2.19. The average Bonchev–Trinajstić information content (AvgIpc) is 2.32. The fourth-order valence-corrected chi connectivity index (χ4v) is 2.27. The molecule has 0 unspecified atom stereocenters. The van der Waals surface area contributed by atoms with E-state index < -0.39 is 0 Å². The predicted molar refractivity (Wildman–Crippen MR) is 73.4 cm³/mol. The van der Waals surface area contributed by atoms with Crippen LogP contribution in [0.1, 0.15) is 21.5 Å². The maximum Gasteiger partial charge on any atom is 0.168 e. The lowest BCUT2D eigenvalue weighted by Gasteiger charge is -2.06. The van der Waals surface area contributed by atoms with Gasteiger partial charge in [-0.25, -0.2) is 0 Å². The summed E-state index contributed by atoms with van der Waals surface area (Å²) in [7, 11) is 0. The van der Waals surface area contributed by atoms with E-state index >= 15 is 0 Å². The molecule has 0 N–H and O–H groups in total. The van der Waals surface area contributed by atoms with E-state index in [1.54, 1.807) is 0 Å². The summed E-state index contributed by atoms with van der Waals surface area (Å²) in [6.07, 6.45) is 0.454. The van der Waals surface area contributed by atoms with Gasteiger partial charge in [0.25, 0.3) is 0 Å². The van der Waals surface area contributed by atoms with E-state index in [9.17, 15) is 4.79 Å². The van der Waals surface area contributed by atoms with Crippen molar-refractivity contribution in [2.45, 2.75) is 13.3 Å². The van der Waals surface area contributed by atoms with Gasteiger partial charge in [-0.15, -0.1) is 0 Å². The molecule has 2 aromatic rings. The molecule has 2 aromatic carbocycles. The van der Waals surface area contributed by atoms with Gasteiger partial charge in [0.05, 0.1) is 0 Å². The first-order valence-corrected chi connectivity index (χ1v) is 6.30. The van der Waals surface area contributed by atoms with Crippen molar-refractivity contribution in [1.29, 1.82) is 0 Å². The molecule has 0 aromatic heterocycles. The van der Waals surface area contributed by atoms with Crippen LogP contribution in [0.25, 0.3) is 0 Å². The SMILES string of the molecule is Cc1ccccc1CC(=O)c1ccccc1Br. The van der Waals surface area contributed by atoms with Gasteiger partial charge in [-0.05, 0) is 24.1 Å². The van der Waals surface area contributed by atoms with Crippen LogP contribution in [-0.4, -0.2) is 5.78 Å². The lowest BCUT2D eigenvalue weighted by molar-refractivity contribution is 0.0992. The van der Waals surface area contributed by atoms with E-state index in [4.69, 9.17) is 0 Å². The Morgan fingerprint density at radius 3 is 2.41 bits per heavy atom. The van der Waals surface area contributed by atoms with Gasteiger partial charge in [0.1, 0.15) is 0 Å². The van der Waals surface area contributed by atoms with Crippen molar-refractivity contribution in [3.8, 4) is 0 Å². The highest BCUT2D eigenvalue weighted by atomic mass is 79.9. The van der Waals surface area contributed by atoms with Gasteiger partial charge >= 0.3 is 0 Å². The number of ketones is 1. The zero-order valence-electron chi connectivity index (χ0n) is 9.61. The van der Waals surface area contributed by atoms with Crippen LogP contribution in [0.4, 0.5) is 0 Å². The maximum atomic E-state index is 12.2. The molecule has 0 spiro atoms. The van der Waals surface area contributed by atoms with Gasteiger partial charge in [-0.2, -0.15) is 0 Å². The van der Waals surface area contributed by atoms with Gasteiger partial charge in [0, 0.05) is 16.5 Å². The molecular weight excluding hydrogens is 276 g/mol. The fourth-order valence-electron chi connectivity index (χ4n) is 1.76. The Balaban J connectivity index is 2.24. The highest BCUT2D eigenvalue weighted by Gasteiger charge is 2.10. The summed E-state index contributed by atoms with van der Waals surface area (Å²) in [5, 5.41) is 0. The lowest BCUT2D eigenvalue weighted by Crippen LogP contribution is -2.05. The van der Waals surface area contributed by atoms with E-state index in [1.807, 2.05) is 55.5 Å². The Bertz CT molecular complexity index is 546. The molecule has 86 valence electrons. The monoisotopic (exact) mass is 288 g/mol. The van der Waals surface area contributed by atoms with Crippen molar-refractivity contribution < 1.29 is 4.79 Å². The molecule has 2 heteroatoms. The van der Waals surface area contributed by atoms with Crippen molar-refractivity contribution in [3.63, 3.8) is 0 Å². The van der Waals surface area contributed by atoms with Gasteiger partial charge in [-0.3, -0.25) is 4.79 Å². The molecule has 0 bridgehead atoms. The maximum absolute atomic E-state index is 12.2. The third-order valence-corrected chi connectivity index (χ3v) is 3.48. The van der Waals surface area contributed by atoms with Crippen LogP contribution >= 0.6 is 15.9 Å². The summed E-state index contributed by atoms with van der Waals surface area (Å²) in [6, 6.07) is 15.5. The van der Waals surface area contributed by atoms with Crippen molar-refractivity contribution in [3.05, 3.63) is 69.7 Å². The quantitative estimate of drug-likeness (QED) is 0.775. The number of hydrogen-bond donors (Lipinski definition) is 0. The summed E-state index contributed by atoms with van der Waals surface area (Å²) < 4.78 is 0.860. The molecule has 0 fully saturated rings. The first-order valence-electron chi connectivity index (χ1n) is 5.50. The number of hydrogen-bond acceptors (Lipinski definition) is 1. The Morgan fingerprint density at radius 1 is 1.06 bits per heavy atom. The standard InChI is InChI=1S/C15H13BrO/c1-11-6-2-3-7-12(11)10-15(17)13-8-4-5-9-14(13)16/h2-9H,10H2,1H3. The van der Waals surface area contributed by atoms with Gasteiger partial charge in [-0.1, -0.05) is 58.4 Å². The van der Waals surface area contributed by atoms with E-state index in [1.165, 1.54) is 0 Å². The van der Waals surface area contributed by atoms with Crippen molar-refractivity contribution >= 4 is 21.7 Å². The number of rotatable bonds is 3. The number of benzene rings is 2. The summed E-state index contributed by atoms with van der Waals surface area (Å²) in [5.74, 6) is 0.145. The zero-order valence-corrected chi connectivity index (χ0v) is 11.2. The minimum absolute atomic E-state index is 0.145. The largest absolute Gasteiger partial charge is 0.294 e. The van der Waals surface area contributed by atoms with Crippen molar-refractivity contribution in [2.75, 3.05) is 0 Å². The van der Waals surface area contributed by atoms with Crippen LogP contribution in [0, 0.1) is 6.92 Å². The smallest absolute Gasteiger partial charge is 0.168 e. The minimum Gasteiger partial charge on any atom is -0.294 e. The normalized spacial score (nSPS) is 10.2. The van der Waals surface area contributed by atoms with Crippen LogP contribution < -0.4 is 0 Å². The number of aryl methyl sites for hydroxylation is 1.